The average Bonchev–Trinajstić information content (AvgIpc) is 2.47. The summed E-state index contributed by atoms with van der Waals surface area (Å²) >= 11 is 1.03. The second kappa shape index (κ2) is 6.11. The molecule has 0 saturated carbocycles. The monoisotopic (exact) mass is 291 g/mol. The Bertz CT molecular complexity index is 663. The first-order chi connectivity index (χ1) is 9.61. The molecule has 8 heteroatoms. The number of pyridine rings is 1. The molecular formula is C12H9N3O4S. The predicted octanol–water partition coefficient (Wildman–Crippen LogP) is 1.51. The van der Waals surface area contributed by atoms with Gasteiger partial charge in [0.1, 0.15) is 10.1 Å². The molecule has 0 aromatic carbocycles. The number of ether oxygens (including phenoxy) is 1. The summed E-state index contributed by atoms with van der Waals surface area (Å²) in [7, 11) is 1.23. The van der Waals surface area contributed by atoms with E-state index in [1.165, 1.54) is 31.6 Å². The van der Waals surface area contributed by atoms with Gasteiger partial charge in [-0.25, -0.2) is 24.5 Å². The molecule has 0 spiro atoms. The summed E-state index contributed by atoms with van der Waals surface area (Å²) < 4.78 is 4.52. The minimum absolute atomic E-state index is 0.0655. The summed E-state index contributed by atoms with van der Waals surface area (Å²) in [5, 5.41) is 9.76. The number of aromatic carboxylic acids is 1. The van der Waals surface area contributed by atoms with E-state index < -0.39 is 11.9 Å². The topological polar surface area (TPSA) is 102 Å². The van der Waals surface area contributed by atoms with Crippen LogP contribution in [-0.4, -0.2) is 39.1 Å². The van der Waals surface area contributed by atoms with Crippen molar-refractivity contribution in [2.45, 2.75) is 10.1 Å². The Morgan fingerprint density at radius 1 is 1.25 bits per heavy atom. The molecule has 20 heavy (non-hydrogen) atoms. The van der Waals surface area contributed by atoms with E-state index in [2.05, 4.69) is 19.7 Å². The SMILES string of the molecule is COC(=O)c1nccc(Sc2ncccc2C(=O)O)n1. The molecule has 0 radical (unpaired) electrons. The highest BCUT2D eigenvalue weighted by molar-refractivity contribution is 7.99. The Labute approximate surface area is 118 Å². The van der Waals surface area contributed by atoms with Crippen molar-refractivity contribution in [2.75, 3.05) is 7.11 Å². The van der Waals surface area contributed by atoms with Crippen molar-refractivity contribution in [2.24, 2.45) is 0 Å². The average molecular weight is 291 g/mol. The fraction of sp³-hybridized carbons (Fsp3) is 0.0833. The van der Waals surface area contributed by atoms with Crippen LogP contribution in [0.25, 0.3) is 0 Å². The first kappa shape index (κ1) is 13.9. The maximum absolute atomic E-state index is 11.3. The maximum atomic E-state index is 11.3. The third-order valence-corrected chi connectivity index (χ3v) is 3.16. The quantitative estimate of drug-likeness (QED) is 0.668. The van der Waals surface area contributed by atoms with E-state index in [1.54, 1.807) is 6.07 Å². The Morgan fingerprint density at radius 3 is 2.75 bits per heavy atom. The van der Waals surface area contributed by atoms with Gasteiger partial charge in [0.25, 0.3) is 0 Å². The molecule has 0 bridgehead atoms. The molecule has 2 rings (SSSR count). The first-order valence-electron chi connectivity index (χ1n) is 5.39. The lowest BCUT2D eigenvalue weighted by atomic mass is 10.3. The molecule has 2 aromatic rings. The molecular weight excluding hydrogens is 282 g/mol. The third kappa shape index (κ3) is 3.09. The van der Waals surface area contributed by atoms with Crippen molar-refractivity contribution < 1.29 is 19.4 Å². The van der Waals surface area contributed by atoms with Crippen LogP contribution in [0.3, 0.4) is 0 Å². The Balaban J connectivity index is 2.31. The van der Waals surface area contributed by atoms with Crippen LogP contribution in [0.15, 0.2) is 40.6 Å². The Morgan fingerprint density at radius 2 is 2.05 bits per heavy atom. The highest BCUT2D eigenvalue weighted by Gasteiger charge is 2.14. The number of methoxy groups -OCH3 is 1. The molecule has 0 atom stereocenters. The van der Waals surface area contributed by atoms with Gasteiger partial charge in [-0.2, -0.15) is 0 Å². The van der Waals surface area contributed by atoms with E-state index in [0.29, 0.717) is 5.03 Å². The van der Waals surface area contributed by atoms with Crippen molar-refractivity contribution in [1.82, 2.24) is 15.0 Å². The summed E-state index contributed by atoms with van der Waals surface area (Å²) in [5.74, 6) is -1.83. The van der Waals surface area contributed by atoms with Crippen LogP contribution < -0.4 is 0 Å². The van der Waals surface area contributed by atoms with Crippen LogP contribution in [0.4, 0.5) is 0 Å². The van der Waals surface area contributed by atoms with E-state index in [9.17, 15) is 9.59 Å². The second-order valence-corrected chi connectivity index (χ2v) is 4.48. The lowest BCUT2D eigenvalue weighted by Crippen LogP contribution is -2.07. The Hall–Kier alpha value is -2.48. The molecule has 0 aliphatic rings. The van der Waals surface area contributed by atoms with Crippen molar-refractivity contribution >= 4 is 23.7 Å². The van der Waals surface area contributed by atoms with Crippen LogP contribution in [0, 0.1) is 0 Å². The molecule has 7 nitrogen and oxygen atoms in total. The third-order valence-electron chi connectivity index (χ3n) is 2.20. The second-order valence-electron chi connectivity index (χ2n) is 3.47. The van der Waals surface area contributed by atoms with Gasteiger partial charge in [-0.05, 0) is 30.0 Å². The van der Waals surface area contributed by atoms with Gasteiger partial charge in [-0.15, -0.1) is 0 Å². The Kier molecular flexibility index (Phi) is 4.26. The summed E-state index contributed by atoms with van der Waals surface area (Å²) in [5.41, 5.74) is 0.0655. The van der Waals surface area contributed by atoms with Gasteiger partial charge >= 0.3 is 11.9 Å². The van der Waals surface area contributed by atoms with Gasteiger partial charge in [0.15, 0.2) is 0 Å². The zero-order chi connectivity index (χ0) is 14.5. The highest BCUT2D eigenvalue weighted by Crippen LogP contribution is 2.26. The van der Waals surface area contributed by atoms with Crippen molar-refractivity contribution in [3.8, 4) is 0 Å². The molecule has 2 aromatic heterocycles. The standard InChI is InChI=1S/C12H9N3O4S/c1-19-12(18)9-13-6-4-8(15-9)20-10-7(11(16)17)3-2-5-14-10/h2-6H,1H3,(H,16,17). The molecule has 102 valence electrons. The highest BCUT2D eigenvalue weighted by atomic mass is 32.2. The maximum Gasteiger partial charge on any atom is 0.376 e. The number of hydrogen-bond acceptors (Lipinski definition) is 7. The van der Waals surface area contributed by atoms with Crippen LogP contribution in [0.1, 0.15) is 21.0 Å². The fourth-order valence-corrected chi connectivity index (χ4v) is 2.16. The molecule has 2 heterocycles. The van der Waals surface area contributed by atoms with Crippen LogP contribution in [0.2, 0.25) is 0 Å². The summed E-state index contributed by atoms with van der Waals surface area (Å²) in [6.07, 6.45) is 2.88. The molecule has 0 amide bonds. The smallest absolute Gasteiger partial charge is 0.376 e. The number of carbonyl (C=O) groups excluding carboxylic acids is 1. The molecule has 0 unspecified atom stereocenters. The number of nitrogens with zero attached hydrogens (tertiary/aromatic N) is 3. The molecule has 0 fully saturated rings. The predicted molar refractivity (Wildman–Crippen MR) is 68.7 cm³/mol. The van der Waals surface area contributed by atoms with E-state index in [1.807, 2.05) is 0 Å². The zero-order valence-electron chi connectivity index (χ0n) is 10.3. The first-order valence-corrected chi connectivity index (χ1v) is 6.21. The lowest BCUT2D eigenvalue weighted by molar-refractivity contribution is 0.0584. The van der Waals surface area contributed by atoms with E-state index in [0.717, 1.165) is 11.8 Å². The zero-order valence-corrected chi connectivity index (χ0v) is 11.1. The van der Waals surface area contributed by atoms with Gasteiger partial charge in [0.2, 0.25) is 5.82 Å². The number of carboxylic acid groups (broad SMARTS) is 1. The lowest BCUT2D eigenvalue weighted by Gasteiger charge is -2.04. The minimum Gasteiger partial charge on any atom is -0.478 e. The minimum atomic E-state index is -1.08. The van der Waals surface area contributed by atoms with Crippen LogP contribution in [-0.2, 0) is 4.74 Å². The number of carbonyl (C=O) groups is 2. The van der Waals surface area contributed by atoms with E-state index in [-0.39, 0.29) is 16.4 Å². The number of aromatic nitrogens is 3. The van der Waals surface area contributed by atoms with Crippen molar-refractivity contribution in [1.29, 1.82) is 0 Å². The summed E-state index contributed by atoms with van der Waals surface area (Å²) in [6, 6.07) is 4.53. The summed E-state index contributed by atoms with van der Waals surface area (Å²) in [6.45, 7) is 0. The van der Waals surface area contributed by atoms with Gasteiger partial charge in [0.05, 0.1) is 12.7 Å². The van der Waals surface area contributed by atoms with Crippen molar-refractivity contribution in [3.63, 3.8) is 0 Å². The molecule has 1 N–H and O–H groups in total. The summed E-state index contributed by atoms with van der Waals surface area (Å²) in [4.78, 5) is 34.2. The number of hydrogen-bond donors (Lipinski definition) is 1. The van der Waals surface area contributed by atoms with Crippen LogP contribution in [0.5, 0.6) is 0 Å². The van der Waals surface area contributed by atoms with Gasteiger partial charge in [-0.1, -0.05) is 0 Å². The fourth-order valence-electron chi connectivity index (χ4n) is 1.32. The van der Waals surface area contributed by atoms with Gasteiger partial charge in [0, 0.05) is 12.4 Å². The van der Waals surface area contributed by atoms with Gasteiger partial charge in [-0.3, -0.25) is 0 Å². The molecule has 0 aliphatic carbocycles. The van der Waals surface area contributed by atoms with Crippen molar-refractivity contribution in [3.05, 3.63) is 42.0 Å². The number of rotatable bonds is 4. The molecule has 0 aliphatic heterocycles. The van der Waals surface area contributed by atoms with E-state index >= 15 is 0 Å². The van der Waals surface area contributed by atoms with Gasteiger partial charge < -0.3 is 9.84 Å². The largest absolute Gasteiger partial charge is 0.478 e. The van der Waals surface area contributed by atoms with E-state index in [4.69, 9.17) is 5.11 Å². The van der Waals surface area contributed by atoms with Crippen LogP contribution >= 0.6 is 11.8 Å². The number of carboxylic acids is 1. The molecule has 0 saturated heterocycles. The normalized spacial score (nSPS) is 10.1. The number of esters is 1.